The maximum absolute atomic E-state index is 6.52. The molecule has 2 heterocycles. The Labute approximate surface area is 121 Å². The van der Waals surface area contributed by atoms with Crippen LogP contribution in [0.3, 0.4) is 0 Å². The van der Waals surface area contributed by atoms with E-state index in [2.05, 4.69) is 13.2 Å². The van der Waals surface area contributed by atoms with Crippen molar-refractivity contribution in [3.05, 3.63) is 24.6 Å². The topological polar surface area (TPSA) is 27.7 Å². The minimum absolute atomic E-state index is 0.368. The highest BCUT2D eigenvalue weighted by Crippen LogP contribution is 2.35. The Morgan fingerprint density at radius 3 is 1.63 bits per heavy atom. The molecule has 3 nitrogen and oxygen atoms in total. The van der Waals surface area contributed by atoms with Gasteiger partial charge in [-0.15, -0.1) is 24.6 Å². The highest BCUT2D eigenvalue weighted by molar-refractivity contribution is 6.46. The van der Waals surface area contributed by atoms with Crippen molar-refractivity contribution < 1.29 is 14.2 Å². The van der Waals surface area contributed by atoms with Crippen molar-refractivity contribution in [1.29, 1.82) is 0 Å². The molecule has 2 saturated heterocycles. The Balaban J connectivity index is 2.11. The molecule has 5 heteroatoms. The number of rotatable bonds is 6. The molecule has 0 saturated carbocycles. The molecule has 0 aromatic heterocycles. The smallest absolute Gasteiger partial charge is 0.152 e. The molecule has 0 radical (unpaired) electrons. The zero-order valence-corrected chi connectivity index (χ0v) is 14.7. The van der Waals surface area contributed by atoms with E-state index in [0.29, 0.717) is 0 Å². The van der Waals surface area contributed by atoms with Crippen molar-refractivity contribution >= 4 is 19.0 Å². The van der Waals surface area contributed by atoms with E-state index in [4.69, 9.17) is 14.2 Å². The van der Waals surface area contributed by atoms with Gasteiger partial charge in [0, 0.05) is 13.2 Å². The van der Waals surface area contributed by atoms with Gasteiger partial charge in [0.05, 0.1) is 0 Å². The van der Waals surface area contributed by atoms with Crippen LogP contribution >= 0.6 is 0 Å². The average Bonchev–Trinajstić information content (AvgIpc) is 2.41. The highest BCUT2D eigenvalue weighted by atomic mass is 28.2. The molecule has 2 unspecified atom stereocenters. The third kappa shape index (κ3) is 3.89. The SMILES string of the molecule is C=C[SiH2]C1(OC2([SiH2]C=C)CCCCO2)CCCCO1. The summed E-state index contributed by atoms with van der Waals surface area (Å²) in [7, 11) is -1.21. The minimum atomic E-state index is -0.603. The predicted octanol–water partition coefficient (Wildman–Crippen LogP) is 1.34. The van der Waals surface area contributed by atoms with Gasteiger partial charge in [-0.25, -0.2) is 0 Å². The van der Waals surface area contributed by atoms with E-state index in [1.807, 2.05) is 11.4 Å². The summed E-state index contributed by atoms with van der Waals surface area (Å²) in [6.07, 6.45) is 6.66. The second-order valence-corrected chi connectivity index (χ2v) is 9.65. The standard InChI is InChI=1S/C14H26O3Si2/c1-3-18-13(9-5-7-11-15-13)17-14(19-4-2)10-6-8-12-16-14/h3-4H,1-2,5-12,18-19H2. The van der Waals surface area contributed by atoms with Gasteiger partial charge in [-0.1, -0.05) is 0 Å². The van der Waals surface area contributed by atoms with Gasteiger partial charge in [0.15, 0.2) is 10.8 Å². The number of ether oxygens (including phenoxy) is 3. The van der Waals surface area contributed by atoms with Gasteiger partial charge < -0.3 is 14.2 Å². The summed E-state index contributed by atoms with van der Waals surface area (Å²) >= 11 is 0. The molecule has 108 valence electrons. The molecule has 0 bridgehead atoms. The summed E-state index contributed by atoms with van der Waals surface area (Å²) in [4.78, 5) is 0. The normalized spacial score (nSPS) is 37.1. The molecule has 0 spiro atoms. The van der Waals surface area contributed by atoms with Gasteiger partial charge >= 0.3 is 0 Å². The molecule has 0 aromatic carbocycles. The Morgan fingerprint density at radius 1 is 0.842 bits per heavy atom. The lowest BCUT2D eigenvalue weighted by molar-refractivity contribution is -0.311. The first-order valence-corrected chi connectivity index (χ1v) is 10.5. The van der Waals surface area contributed by atoms with E-state index in [9.17, 15) is 0 Å². The van der Waals surface area contributed by atoms with Gasteiger partial charge in [-0.2, -0.15) is 0 Å². The van der Waals surface area contributed by atoms with Crippen molar-refractivity contribution in [2.45, 2.75) is 49.3 Å². The van der Waals surface area contributed by atoms with Crippen molar-refractivity contribution in [1.82, 2.24) is 0 Å². The molecule has 0 aromatic rings. The van der Waals surface area contributed by atoms with E-state index in [0.717, 1.165) is 38.9 Å². The van der Waals surface area contributed by atoms with E-state index in [-0.39, 0.29) is 10.8 Å². The van der Waals surface area contributed by atoms with Gasteiger partial charge in [0.1, 0.15) is 19.0 Å². The predicted molar refractivity (Wildman–Crippen MR) is 83.6 cm³/mol. The summed E-state index contributed by atoms with van der Waals surface area (Å²) in [5.74, 6) is 0. The molecule has 0 aliphatic carbocycles. The molecule has 2 aliphatic heterocycles. The molecular weight excluding hydrogens is 272 g/mol. The van der Waals surface area contributed by atoms with Crippen LogP contribution in [-0.2, 0) is 14.2 Å². The maximum atomic E-state index is 6.52. The Bertz CT molecular complexity index is 278. The summed E-state index contributed by atoms with van der Waals surface area (Å²) in [6.45, 7) is 9.45. The number of hydrogen-bond donors (Lipinski definition) is 0. The Hall–Kier alpha value is -0.206. The van der Waals surface area contributed by atoms with Crippen LogP contribution in [0.25, 0.3) is 0 Å². The Morgan fingerprint density at radius 2 is 1.32 bits per heavy atom. The second kappa shape index (κ2) is 6.99. The lowest BCUT2D eigenvalue weighted by Crippen LogP contribution is -2.56. The van der Waals surface area contributed by atoms with Crippen LogP contribution in [0, 0.1) is 0 Å². The first-order chi connectivity index (χ1) is 9.24. The second-order valence-electron chi connectivity index (χ2n) is 5.52. The largest absolute Gasteiger partial charge is 0.354 e. The van der Waals surface area contributed by atoms with Crippen molar-refractivity contribution in [3.8, 4) is 0 Å². The van der Waals surface area contributed by atoms with Crippen LogP contribution < -0.4 is 0 Å². The average molecular weight is 299 g/mol. The fraction of sp³-hybridized carbons (Fsp3) is 0.714. The molecule has 0 amide bonds. The molecular formula is C14H26O3Si2. The monoisotopic (exact) mass is 298 g/mol. The highest BCUT2D eigenvalue weighted by Gasteiger charge is 2.44. The van der Waals surface area contributed by atoms with Crippen LogP contribution in [-0.4, -0.2) is 43.1 Å². The van der Waals surface area contributed by atoms with Gasteiger partial charge in [0.25, 0.3) is 0 Å². The third-order valence-corrected chi connectivity index (χ3v) is 7.14. The fourth-order valence-electron chi connectivity index (χ4n) is 3.00. The zero-order chi connectivity index (χ0) is 13.6. The van der Waals surface area contributed by atoms with Crippen LogP contribution in [0.15, 0.2) is 24.6 Å². The van der Waals surface area contributed by atoms with E-state index >= 15 is 0 Å². The Kier molecular flexibility index (Phi) is 5.59. The molecule has 0 N–H and O–H groups in total. The maximum Gasteiger partial charge on any atom is 0.152 e. The molecule has 2 atom stereocenters. The fourth-order valence-corrected chi connectivity index (χ4v) is 6.21. The first-order valence-electron chi connectivity index (χ1n) is 7.44. The lowest BCUT2D eigenvalue weighted by Gasteiger charge is -2.46. The summed E-state index contributed by atoms with van der Waals surface area (Å²) in [6, 6.07) is 0. The zero-order valence-electron chi connectivity index (χ0n) is 11.9. The van der Waals surface area contributed by atoms with E-state index in [1.165, 1.54) is 12.8 Å². The summed E-state index contributed by atoms with van der Waals surface area (Å²) < 4.78 is 18.6. The minimum Gasteiger partial charge on any atom is -0.354 e. The molecule has 2 rings (SSSR count). The van der Waals surface area contributed by atoms with Crippen LogP contribution in [0.5, 0.6) is 0 Å². The quantitative estimate of drug-likeness (QED) is 0.693. The van der Waals surface area contributed by atoms with Gasteiger partial charge in [-0.05, 0) is 38.5 Å². The first kappa shape index (κ1) is 15.2. The lowest BCUT2D eigenvalue weighted by atomic mass is 10.2. The van der Waals surface area contributed by atoms with Crippen LogP contribution in [0.1, 0.15) is 38.5 Å². The van der Waals surface area contributed by atoms with E-state index < -0.39 is 19.0 Å². The number of hydrogen-bond acceptors (Lipinski definition) is 3. The van der Waals surface area contributed by atoms with Crippen LogP contribution in [0.2, 0.25) is 0 Å². The molecule has 2 aliphatic rings. The summed E-state index contributed by atoms with van der Waals surface area (Å²) in [5.41, 5.74) is 3.34. The van der Waals surface area contributed by atoms with Gasteiger partial charge in [0.2, 0.25) is 0 Å². The van der Waals surface area contributed by atoms with Crippen molar-refractivity contribution in [2.24, 2.45) is 0 Å². The van der Waals surface area contributed by atoms with Gasteiger partial charge in [-0.3, -0.25) is 0 Å². The summed E-state index contributed by atoms with van der Waals surface area (Å²) in [5, 5.41) is 0. The van der Waals surface area contributed by atoms with Crippen LogP contribution in [0.4, 0.5) is 0 Å². The molecule has 2 fully saturated rings. The van der Waals surface area contributed by atoms with Crippen molar-refractivity contribution in [3.63, 3.8) is 0 Å². The molecule has 19 heavy (non-hydrogen) atoms. The van der Waals surface area contributed by atoms with E-state index in [1.54, 1.807) is 0 Å². The third-order valence-electron chi connectivity index (χ3n) is 3.92. The van der Waals surface area contributed by atoms with Crippen molar-refractivity contribution in [2.75, 3.05) is 13.2 Å².